The maximum atomic E-state index is 9.44. The molecule has 0 spiro atoms. The summed E-state index contributed by atoms with van der Waals surface area (Å²) in [6.07, 6.45) is 0.806. The van der Waals surface area contributed by atoms with Crippen LogP contribution >= 0.6 is 0 Å². The van der Waals surface area contributed by atoms with E-state index in [1.165, 1.54) is 0 Å². The smallest absolute Gasteiger partial charge is 0.176 e. The maximum absolute atomic E-state index is 9.44. The molecule has 0 radical (unpaired) electrons. The molecule has 0 amide bonds. The van der Waals surface area contributed by atoms with E-state index in [1.807, 2.05) is 0 Å². The van der Waals surface area contributed by atoms with Crippen LogP contribution in [0.25, 0.3) is 0 Å². The molecule has 1 atom stereocenters. The quantitative estimate of drug-likeness (QED) is 0.391. The number of carbonyl (C=O) groups is 1. The van der Waals surface area contributed by atoms with Gasteiger partial charge in [-0.25, -0.2) is 0 Å². The Balaban J connectivity index is 2.83. The van der Waals surface area contributed by atoms with Crippen molar-refractivity contribution < 1.29 is 10.5 Å². The second-order valence-electron chi connectivity index (χ2n) is 1.11. The molecule has 0 rings (SSSR count). The first kappa shape index (κ1) is 4.63. The summed E-state index contributed by atoms with van der Waals surface area (Å²) in [6.45, 7) is 1.74. The van der Waals surface area contributed by atoms with E-state index < -0.39 is 0 Å². The Morgan fingerprint density at radius 1 is 2.00 bits per heavy atom. The summed E-state index contributed by atoms with van der Waals surface area (Å²) < 4.78 is 0. The Kier molecular flexibility index (Phi) is 1.76. The van der Waals surface area contributed by atoms with Gasteiger partial charge >= 0.3 is 0 Å². The molecule has 2 nitrogen and oxygen atoms in total. The van der Waals surface area contributed by atoms with E-state index in [1.54, 1.807) is 6.92 Å². The van der Waals surface area contributed by atoms with Gasteiger partial charge in [-0.3, -0.25) is 4.79 Å². The number of quaternary nitrogens is 1. The summed E-state index contributed by atoms with van der Waals surface area (Å²) in [4.78, 5) is 9.44. The monoisotopic (exact) mass is 74.1 g/mol. The fourth-order valence-corrected chi connectivity index (χ4v) is 0. The van der Waals surface area contributed by atoms with Gasteiger partial charge in [0.15, 0.2) is 6.29 Å². The van der Waals surface area contributed by atoms with E-state index in [-0.39, 0.29) is 6.04 Å². The fraction of sp³-hybridized carbons (Fsp3) is 0.667. The normalized spacial score (nSPS) is 14.0. The highest BCUT2D eigenvalue weighted by molar-refractivity contribution is 5.53. The molecule has 0 aliphatic rings. The summed E-state index contributed by atoms with van der Waals surface area (Å²) >= 11 is 0. The lowest BCUT2D eigenvalue weighted by Gasteiger charge is -1.76. The van der Waals surface area contributed by atoms with Crippen molar-refractivity contribution in [3.8, 4) is 0 Å². The third-order valence-electron chi connectivity index (χ3n) is 0.232. The lowest BCUT2D eigenvalue weighted by atomic mass is 10.4. The fourth-order valence-electron chi connectivity index (χ4n) is 0. The minimum atomic E-state index is -0.0463. The van der Waals surface area contributed by atoms with Gasteiger partial charge in [-0.1, -0.05) is 0 Å². The molecule has 0 bridgehead atoms. The highest BCUT2D eigenvalue weighted by Gasteiger charge is 1.84. The number of carbonyl (C=O) groups excluding carboxylic acids is 1. The van der Waals surface area contributed by atoms with Crippen molar-refractivity contribution in [1.29, 1.82) is 0 Å². The first-order chi connectivity index (χ1) is 2.27. The molecule has 3 N–H and O–H groups in total. The molecule has 30 valence electrons. The number of aldehydes is 1. The predicted molar refractivity (Wildman–Crippen MR) is 18.4 cm³/mol. The van der Waals surface area contributed by atoms with Gasteiger partial charge in [0.2, 0.25) is 0 Å². The van der Waals surface area contributed by atoms with Crippen molar-refractivity contribution in [3.05, 3.63) is 0 Å². The second kappa shape index (κ2) is 1.91. The summed E-state index contributed by atoms with van der Waals surface area (Å²) in [6, 6.07) is -0.0463. The van der Waals surface area contributed by atoms with Gasteiger partial charge in [-0.05, 0) is 6.92 Å². The number of hydrogen-bond donors (Lipinski definition) is 1. The molecule has 2 heteroatoms. The van der Waals surface area contributed by atoms with Crippen LogP contribution in [0.4, 0.5) is 0 Å². The molecule has 0 aromatic carbocycles. The van der Waals surface area contributed by atoms with Crippen molar-refractivity contribution in [2.75, 3.05) is 0 Å². The van der Waals surface area contributed by atoms with E-state index in [2.05, 4.69) is 5.73 Å². The topological polar surface area (TPSA) is 44.7 Å². The Labute approximate surface area is 31.0 Å². The van der Waals surface area contributed by atoms with Gasteiger partial charge in [-0.2, -0.15) is 0 Å². The third kappa shape index (κ3) is 3.63. The van der Waals surface area contributed by atoms with Crippen molar-refractivity contribution in [2.24, 2.45) is 0 Å². The average molecular weight is 74.1 g/mol. The zero-order valence-electron chi connectivity index (χ0n) is 3.27. The standard InChI is InChI=1S/C3H7NO/c1-3(4)2-5/h2-3H,4H2,1H3/p+1. The molecule has 0 aliphatic carbocycles. The number of rotatable bonds is 1. The van der Waals surface area contributed by atoms with Crippen LogP contribution in [0.3, 0.4) is 0 Å². The summed E-state index contributed by atoms with van der Waals surface area (Å²) in [5.74, 6) is 0. The van der Waals surface area contributed by atoms with Gasteiger partial charge in [0.25, 0.3) is 0 Å². The van der Waals surface area contributed by atoms with Gasteiger partial charge in [-0.15, -0.1) is 0 Å². The van der Waals surface area contributed by atoms with Gasteiger partial charge in [0, 0.05) is 0 Å². The third-order valence-corrected chi connectivity index (χ3v) is 0.232. The van der Waals surface area contributed by atoms with Crippen LogP contribution in [-0.4, -0.2) is 12.3 Å². The lowest BCUT2D eigenvalue weighted by Crippen LogP contribution is -2.59. The average Bonchev–Trinajstić information content (AvgIpc) is 1.38. The summed E-state index contributed by atoms with van der Waals surface area (Å²) in [7, 11) is 0. The highest BCUT2D eigenvalue weighted by atomic mass is 16.1. The van der Waals surface area contributed by atoms with Crippen molar-refractivity contribution in [1.82, 2.24) is 0 Å². The van der Waals surface area contributed by atoms with Crippen LogP contribution in [0.5, 0.6) is 0 Å². The van der Waals surface area contributed by atoms with E-state index in [0.29, 0.717) is 0 Å². The Morgan fingerprint density at radius 2 is 2.20 bits per heavy atom. The summed E-state index contributed by atoms with van der Waals surface area (Å²) in [5, 5.41) is 0. The Hall–Kier alpha value is -0.370. The molecule has 0 saturated heterocycles. The lowest BCUT2D eigenvalue weighted by molar-refractivity contribution is -0.394. The molecule has 0 aromatic heterocycles. The van der Waals surface area contributed by atoms with Crippen LogP contribution < -0.4 is 5.73 Å². The first-order valence-electron chi connectivity index (χ1n) is 1.55. The summed E-state index contributed by atoms with van der Waals surface area (Å²) in [5.41, 5.74) is 3.39. The van der Waals surface area contributed by atoms with Crippen molar-refractivity contribution in [3.63, 3.8) is 0 Å². The van der Waals surface area contributed by atoms with Crippen LogP contribution in [-0.2, 0) is 4.79 Å². The molecule has 1 unspecified atom stereocenters. The van der Waals surface area contributed by atoms with E-state index >= 15 is 0 Å². The first-order valence-corrected chi connectivity index (χ1v) is 1.55. The number of hydrogen-bond acceptors (Lipinski definition) is 1. The van der Waals surface area contributed by atoms with Crippen molar-refractivity contribution in [2.45, 2.75) is 13.0 Å². The molecule has 5 heavy (non-hydrogen) atoms. The molecule has 0 aromatic rings. The van der Waals surface area contributed by atoms with E-state index in [9.17, 15) is 4.79 Å². The Morgan fingerprint density at radius 3 is 2.20 bits per heavy atom. The second-order valence-corrected chi connectivity index (χ2v) is 1.11. The Bertz CT molecular complexity index is 33.9. The van der Waals surface area contributed by atoms with E-state index in [4.69, 9.17) is 0 Å². The largest absolute Gasteiger partial charge is 0.349 e. The minimum absolute atomic E-state index is 0.0463. The molecular formula is C3H8NO+. The maximum Gasteiger partial charge on any atom is 0.176 e. The van der Waals surface area contributed by atoms with Crippen LogP contribution in [0.2, 0.25) is 0 Å². The highest BCUT2D eigenvalue weighted by Crippen LogP contribution is 1.50. The predicted octanol–water partition coefficient (Wildman–Crippen LogP) is -1.18. The van der Waals surface area contributed by atoms with Crippen LogP contribution in [0.15, 0.2) is 0 Å². The minimum Gasteiger partial charge on any atom is -0.349 e. The van der Waals surface area contributed by atoms with Crippen LogP contribution in [0.1, 0.15) is 6.92 Å². The van der Waals surface area contributed by atoms with Gasteiger partial charge < -0.3 is 5.73 Å². The zero-order chi connectivity index (χ0) is 4.28. The van der Waals surface area contributed by atoms with Crippen molar-refractivity contribution >= 4 is 6.29 Å². The van der Waals surface area contributed by atoms with Gasteiger partial charge in [0.05, 0.1) is 0 Å². The molecule has 0 aliphatic heterocycles. The molecular weight excluding hydrogens is 66.0 g/mol. The SMILES string of the molecule is CC([NH3+])C=O. The molecule has 0 heterocycles. The zero-order valence-corrected chi connectivity index (χ0v) is 3.27. The van der Waals surface area contributed by atoms with Crippen LogP contribution in [0, 0.1) is 0 Å². The van der Waals surface area contributed by atoms with Gasteiger partial charge in [0.1, 0.15) is 6.04 Å². The van der Waals surface area contributed by atoms with E-state index in [0.717, 1.165) is 6.29 Å². The molecule has 0 fully saturated rings. The molecule has 0 saturated carbocycles.